The van der Waals surface area contributed by atoms with E-state index in [1.807, 2.05) is 19.1 Å². The molecule has 41 heavy (non-hydrogen) atoms. The van der Waals surface area contributed by atoms with Crippen molar-refractivity contribution < 1.29 is 18.0 Å². The number of aryl methyl sites for hydroxylation is 1. The van der Waals surface area contributed by atoms with Crippen molar-refractivity contribution in [3.8, 4) is 5.69 Å². The Kier molecular flexibility index (Phi) is 8.74. The number of amides is 1. The fourth-order valence-corrected chi connectivity index (χ4v) is 7.87. The number of carbonyl (C=O) groups is 2. The van der Waals surface area contributed by atoms with Crippen molar-refractivity contribution in [3.63, 3.8) is 0 Å². The van der Waals surface area contributed by atoms with Crippen LogP contribution in [0.15, 0.2) is 69.8 Å². The number of halogens is 1. The fourth-order valence-electron chi connectivity index (χ4n) is 5.06. The highest BCUT2D eigenvalue weighted by molar-refractivity contribution is 7.94. The van der Waals surface area contributed by atoms with Crippen LogP contribution in [0, 0.1) is 6.92 Å². The maximum Gasteiger partial charge on any atom is 0.262 e. The predicted molar refractivity (Wildman–Crippen MR) is 162 cm³/mol. The summed E-state index contributed by atoms with van der Waals surface area (Å²) in [5.41, 5.74) is 2.23. The monoisotopic (exact) mass is 611 g/mol. The van der Waals surface area contributed by atoms with Crippen LogP contribution < -0.4 is 10.9 Å². The number of hydrogen-bond acceptors (Lipinski definition) is 7. The summed E-state index contributed by atoms with van der Waals surface area (Å²) in [6.07, 6.45) is 3.85. The molecule has 5 rings (SSSR count). The molecular formula is C30H30ClN3O5S2. The average Bonchev–Trinajstić information content (AvgIpc) is 3.61. The van der Waals surface area contributed by atoms with E-state index in [9.17, 15) is 22.8 Å². The molecule has 11 heteroatoms. The van der Waals surface area contributed by atoms with Gasteiger partial charge < -0.3 is 10.2 Å². The molecule has 3 heterocycles. The van der Waals surface area contributed by atoms with E-state index in [2.05, 4.69) is 10.2 Å². The zero-order valence-corrected chi connectivity index (χ0v) is 24.9. The number of thiophene rings is 1. The number of rotatable bonds is 10. The van der Waals surface area contributed by atoms with Crippen LogP contribution in [-0.4, -0.2) is 61.5 Å². The van der Waals surface area contributed by atoms with Crippen LogP contribution in [0.4, 0.5) is 0 Å². The molecule has 1 saturated heterocycles. The molecule has 8 nitrogen and oxygen atoms in total. The van der Waals surface area contributed by atoms with Gasteiger partial charge in [0.25, 0.3) is 11.5 Å². The Balaban J connectivity index is 1.36. The summed E-state index contributed by atoms with van der Waals surface area (Å²) in [5, 5.41) is 4.04. The summed E-state index contributed by atoms with van der Waals surface area (Å²) in [6.45, 7) is 5.31. The molecule has 0 aliphatic carbocycles. The Hall–Kier alpha value is -3.31. The van der Waals surface area contributed by atoms with Crippen LogP contribution in [-0.2, 0) is 21.1 Å². The first-order valence-corrected chi connectivity index (χ1v) is 16.2. The number of likely N-dealkylation sites (tertiary alicyclic amines) is 1. The van der Waals surface area contributed by atoms with Gasteiger partial charge in [-0.05, 0) is 68.8 Å². The van der Waals surface area contributed by atoms with Gasteiger partial charge in [0.1, 0.15) is 9.96 Å². The Labute approximate surface area is 247 Å². The number of aromatic nitrogens is 1. The van der Waals surface area contributed by atoms with Crippen molar-refractivity contribution in [2.75, 3.05) is 31.9 Å². The number of Topliss-reactive ketones (excluding diaryl/α,β-unsaturated/α-hetero) is 1. The predicted octanol–water partition coefficient (Wildman–Crippen LogP) is 4.43. The Morgan fingerprint density at radius 1 is 1.00 bits per heavy atom. The van der Waals surface area contributed by atoms with E-state index in [0.29, 0.717) is 38.5 Å². The molecule has 1 aliphatic rings. The summed E-state index contributed by atoms with van der Waals surface area (Å²) < 4.78 is 26.9. The van der Waals surface area contributed by atoms with Gasteiger partial charge in [-0.25, -0.2) is 8.42 Å². The van der Waals surface area contributed by atoms with Crippen molar-refractivity contribution >= 4 is 55.2 Å². The second-order valence-electron chi connectivity index (χ2n) is 10.3. The van der Waals surface area contributed by atoms with E-state index >= 15 is 0 Å². The summed E-state index contributed by atoms with van der Waals surface area (Å²) in [7, 11) is -3.77. The maximum atomic E-state index is 13.5. The van der Waals surface area contributed by atoms with Crippen molar-refractivity contribution in [2.24, 2.45) is 0 Å². The fraction of sp³-hybridized carbons (Fsp3) is 0.300. The molecule has 2 aromatic heterocycles. The number of hydrogen-bond donors (Lipinski definition) is 1. The molecule has 4 aromatic rings. The SMILES string of the molecule is Cc1ccc2c(=O)n(-c3ccc(CC(=O)CS(=O)(=O)c4ccc(Cl)s4)cc3)cc(C(=O)NCCN3CCCC3)c2c1. The Morgan fingerprint density at radius 3 is 2.41 bits per heavy atom. The largest absolute Gasteiger partial charge is 0.351 e. The normalized spacial score (nSPS) is 14.0. The van der Waals surface area contributed by atoms with Gasteiger partial charge in [0.2, 0.25) is 0 Å². The first-order chi connectivity index (χ1) is 19.6. The van der Waals surface area contributed by atoms with Crippen LogP contribution in [0.1, 0.15) is 34.3 Å². The minimum Gasteiger partial charge on any atom is -0.351 e. The molecule has 0 spiro atoms. The van der Waals surface area contributed by atoms with Gasteiger partial charge in [-0.3, -0.25) is 19.0 Å². The van der Waals surface area contributed by atoms with Crippen LogP contribution in [0.3, 0.4) is 0 Å². The number of benzene rings is 2. The highest BCUT2D eigenvalue weighted by Crippen LogP contribution is 2.27. The molecule has 1 fully saturated rings. The standard InChI is InChI=1S/C30H30ClN3O5S2/c1-20-4-9-24-25(16-20)26(29(36)32-12-15-33-13-2-3-14-33)18-34(30(24)37)22-7-5-21(6-8-22)17-23(35)19-41(38,39)28-11-10-27(31)40-28/h4-11,16,18H,2-3,12-15,17,19H2,1H3,(H,32,36). The lowest BCUT2D eigenvalue weighted by molar-refractivity contribution is -0.116. The number of nitrogens with one attached hydrogen (secondary N) is 1. The summed E-state index contributed by atoms with van der Waals surface area (Å²) in [4.78, 5) is 41.6. The van der Waals surface area contributed by atoms with Crippen molar-refractivity contribution in [2.45, 2.75) is 30.4 Å². The molecule has 0 saturated carbocycles. The summed E-state index contributed by atoms with van der Waals surface area (Å²) >= 11 is 6.76. The molecule has 2 aromatic carbocycles. The molecular weight excluding hydrogens is 582 g/mol. The number of fused-ring (bicyclic) bond motifs is 1. The third kappa shape index (κ3) is 6.78. The number of sulfone groups is 1. The molecule has 0 bridgehead atoms. The van der Waals surface area contributed by atoms with Gasteiger partial charge in [0, 0.05) is 42.2 Å². The molecule has 0 radical (unpaired) electrons. The van der Waals surface area contributed by atoms with Gasteiger partial charge >= 0.3 is 0 Å². The van der Waals surface area contributed by atoms with Gasteiger partial charge in [0.05, 0.1) is 9.90 Å². The van der Waals surface area contributed by atoms with Crippen LogP contribution >= 0.6 is 22.9 Å². The highest BCUT2D eigenvalue weighted by Gasteiger charge is 2.22. The van der Waals surface area contributed by atoms with E-state index < -0.39 is 21.4 Å². The lowest BCUT2D eigenvalue weighted by Crippen LogP contribution is -2.34. The second kappa shape index (κ2) is 12.3. The zero-order valence-electron chi connectivity index (χ0n) is 22.6. The summed E-state index contributed by atoms with van der Waals surface area (Å²) in [6, 6.07) is 15.1. The van der Waals surface area contributed by atoms with Crippen LogP contribution in [0.2, 0.25) is 4.34 Å². The minimum atomic E-state index is -3.77. The van der Waals surface area contributed by atoms with E-state index in [0.717, 1.165) is 36.5 Å². The molecule has 0 unspecified atom stereocenters. The van der Waals surface area contributed by atoms with Gasteiger partial charge in [0.15, 0.2) is 15.6 Å². The zero-order chi connectivity index (χ0) is 29.1. The maximum absolute atomic E-state index is 13.5. The third-order valence-corrected chi connectivity index (χ3v) is 10.6. The topological polar surface area (TPSA) is 106 Å². The highest BCUT2D eigenvalue weighted by atomic mass is 35.5. The molecule has 214 valence electrons. The number of nitrogens with zero attached hydrogens (tertiary/aromatic N) is 2. The van der Waals surface area contributed by atoms with Gasteiger partial charge in [-0.1, -0.05) is 41.4 Å². The third-order valence-electron chi connectivity index (χ3n) is 7.15. The second-order valence-corrected chi connectivity index (χ2v) is 14.2. The van der Waals surface area contributed by atoms with E-state index in [4.69, 9.17) is 11.6 Å². The van der Waals surface area contributed by atoms with Crippen molar-refractivity contribution in [3.05, 3.63) is 92.2 Å². The first-order valence-electron chi connectivity index (χ1n) is 13.4. The van der Waals surface area contributed by atoms with Gasteiger partial charge in [-0.2, -0.15) is 0 Å². The van der Waals surface area contributed by atoms with Crippen LogP contribution in [0.5, 0.6) is 0 Å². The van der Waals surface area contributed by atoms with Crippen LogP contribution in [0.25, 0.3) is 16.5 Å². The lowest BCUT2D eigenvalue weighted by Gasteiger charge is -2.16. The molecule has 1 amide bonds. The van der Waals surface area contributed by atoms with Gasteiger partial charge in [-0.15, -0.1) is 11.3 Å². The molecule has 0 atom stereocenters. The Bertz CT molecular complexity index is 1770. The van der Waals surface area contributed by atoms with E-state index in [1.165, 1.54) is 29.5 Å². The smallest absolute Gasteiger partial charge is 0.262 e. The number of pyridine rings is 1. The quantitative estimate of drug-likeness (QED) is 0.285. The summed E-state index contributed by atoms with van der Waals surface area (Å²) in [5.74, 6) is -1.32. The van der Waals surface area contributed by atoms with E-state index in [-0.39, 0.29) is 22.1 Å². The first kappa shape index (κ1) is 29.2. The molecule has 1 aliphatic heterocycles. The van der Waals surface area contributed by atoms with Crippen molar-refractivity contribution in [1.29, 1.82) is 0 Å². The number of ketones is 1. The van der Waals surface area contributed by atoms with Crippen molar-refractivity contribution in [1.82, 2.24) is 14.8 Å². The average molecular weight is 612 g/mol. The van der Waals surface area contributed by atoms with E-state index in [1.54, 1.807) is 36.5 Å². The number of carbonyl (C=O) groups excluding carboxylic acids is 2. The molecule has 1 N–H and O–H groups in total. The Morgan fingerprint density at radius 2 is 1.73 bits per heavy atom. The lowest BCUT2D eigenvalue weighted by atomic mass is 10.0. The minimum absolute atomic E-state index is 0.0629.